The molecule has 2 aromatic carbocycles. The smallest absolute Gasteiger partial charge is 0.118 e. The molecule has 0 unspecified atom stereocenters. The van der Waals surface area contributed by atoms with E-state index in [-0.39, 0.29) is 0 Å². The van der Waals surface area contributed by atoms with Crippen LogP contribution in [-0.2, 0) is 12.8 Å². The lowest BCUT2D eigenvalue weighted by molar-refractivity contribution is 0.414. The van der Waals surface area contributed by atoms with Crippen LogP contribution < -0.4 is 9.47 Å². The third-order valence-corrected chi connectivity index (χ3v) is 4.76. The van der Waals surface area contributed by atoms with Crippen LogP contribution in [0.2, 0.25) is 0 Å². The molecule has 0 amide bonds. The molecule has 3 rings (SSSR count). The van der Waals surface area contributed by atoms with E-state index in [0.29, 0.717) is 0 Å². The van der Waals surface area contributed by atoms with E-state index in [9.17, 15) is 0 Å². The first kappa shape index (κ1) is 19.0. The van der Waals surface area contributed by atoms with E-state index < -0.39 is 0 Å². The number of methoxy groups -OCH3 is 2. The number of benzene rings is 2. The van der Waals surface area contributed by atoms with Crippen LogP contribution in [0.3, 0.4) is 0 Å². The highest BCUT2D eigenvalue weighted by Crippen LogP contribution is 2.38. The Morgan fingerprint density at radius 1 is 0.778 bits per heavy atom. The number of hydrogen-bond donors (Lipinski definition) is 0. The van der Waals surface area contributed by atoms with Gasteiger partial charge in [0.15, 0.2) is 0 Å². The zero-order valence-corrected chi connectivity index (χ0v) is 16.5. The summed E-state index contributed by atoms with van der Waals surface area (Å²) >= 11 is 0. The van der Waals surface area contributed by atoms with E-state index >= 15 is 0 Å². The van der Waals surface area contributed by atoms with Crippen LogP contribution in [0.25, 0.3) is 22.3 Å². The van der Waals surface area contributed by atoms with Gasteiger partial charge in [-0.1, -0.05) is 44.5 Å². The van der Waals surface area contributed by atoms with E-state index in [0.717, 1.165) is 47.6 Å². The van der Waals surface area contributed by atoms with Crippen molar-refractivity contribution < 1.29 is 9.47 Å². The first-order valence-corrected chi connectivity index (χ1v) is 9.44. The second kappa shape index (κ2) is 8.72. The van der Waals surface area contributed by atoms with Gasteiger partial charge in [0.25, 0.3) is 0 Å². The molecule has 0 atom stereocenters. The minimum absolute atomic E-state index is 0.854. The topological polar surface area (TPSA) is 31.4 Å². The van der Waals surface area contributed by atoms with E-state index in [1.807, 2.05) is 24.3 Å². The fourth-order valence-corrected chi connectivity index (χ4v) is 3.37. The van der Waals surface area contributed by atoms with Gasteiger partial charge in [-0.15, -0.1) is 0 Å². The summed E-state index contributed by atoms with van der Waals surface area (Å²) in [6.45, 7) is 4.33. The quantitative estimate of drug-likeness (QED) is 0.538. The normalized spacial score (nSPS) is 10.7. The Hall–Kier alpha value is -2.81. The van der Waals surface area contributed by atoms with Gasteiger partial charge in [0.1, 0.15) is 11.5 Å². The van der Waals surface area contributed by atoms with Crippen molar-refractivity contribution in [2.75, 3.05) is 14.2 Å². The van der Waals surface area contributed by atoms with Crippen molar-refractivity contribution >= 4 is 0 Å². The van der Waals surface area contributed by atoms with Gasteiger partial charge >= 0.3 is 0 Å². The molecule has 0 bridgehead atoms. The molecular formula is C24H26NO2. The first-order valence-electron chi connectivity index (χ1n) is 9.44. The van der Waals surface area contributed by atoms with Gasteiger partial charge in [0.05, 0.1) is 20.4 Å². The third kappa shape index (κ3) is 3.97. The van der Waals surface area contributed by atoms with Gasteiger partial charge in [0, 0.05) is 11.3 Å². The molecule has 0 saturated heterocycles. The zero-order valence-electron chi connectivity index (χ0n) is 16.5. The predicted octanol–water partition coefficient (Wildman–Crippen LogP) is 5.75. The minimum atomic E-state index is 0.854. The van der Waals surface area contributed by atoms with E-state index in [2.05, 4.69) is 49.3 Å². The SMILES string of the molecule is CCCc1[c]nc(CC)c(-c2ccc(OC)cc2)c1-c1ccc(OC)cc1. The molecule has 0 aliphatic rings. The highest BCUT2D eigenvalue weighted by atomic mass is 16.5. The van der Waals surface area contributed by atoms with Crippen molar-refractivity contribution in [3.63, 3.8) is 0 Å². The van der Waals surface area contributed by atoms with Crippen LogP contribution in [0.5, 0.6) is 11.5 Å². The van der Waals surface area contributed by atoms with Crippen molar-refractivity contribution in [2.45, 2.75) is 33.1 Å². The van der Waals surface area contributed by atoms with Crippen LogP contribution in [0.15, 0.2) is 48.5 Å². The molecule has 0 saturated carbocycles. The Bertz CT molecular complexity index is 884. The fraction of sp³-hybridized carbons (Fsp3) is 0.292. The molecular weight excluding hydrogens is 334 g/mol. The molecule has 3 aromatic rings. The largest absolute Gasteiger partial charge is 0.497 e. The maximum Gasteiger partial charge on any atom is 0.118 e. The summed E-state index contributed by atoms with van der Waals surface area (Å²) in [6.07, 6.45) is 6.16. The molecule has 3 nitrogen and oxygen atoms in total. The molecule has 3 heteroatoms. The fourth-order valence-electron chi connectivity index (χ4n) is 3.37. The van der Waals surface area contributed by atoms with Crippen LogP contribution >= 0.6 is 0 Å². The second-order valence-corrected chi connectivity index (χ2v) is 6.46. The Morgan fingerprint density at radius 3 is 1.74 bits per heavy atom. The second-order valence-electron chi connectivity index (χ2n) is 6.46. The molecule has 0 fully saturated rings. The number of aryl methyl sites for hydroxylation is 2. The third-order valence-electron chi connectivity index (χ3n) is 4.76. The number of aromatic nitrogens is 1. The van der Waals surface area contributed by atoms with Crippen molar-refractivity contribution in [3.8, 4) is 33.8 Å². The summed E-state index contributed by atoms with van der Waals surface area (Å²) in [5, 5.41) is 0. The predicted molar refractivity (Wildman–Crippen MR) is 110 cm³/mol. The molecule has 27 heavy (non-hydrogen) atoms. The van der Waals surface area contributed by atoms with Gasteiger partial charge in [-0.05, 0) is 59.4 Å². The molecule has 0 aliphatic heterocycles. The average Bonchev–Trinajstić information content (AvgIpc) is 2.74. The molecule has 0 aliphatic carbocycles. The Balaban J connectivity index is 2.25. The average molecular weight is 360 g/mol. The number of pyridine rings is 1. The molecule has 0 N–H and O–H groups in total. The highest BCUT2D eigenvalue weighted by molar-refractivity contribution is 5.87. The maximum atomic E-state index is 5.33. The van der Waals surface area contributed by atoms with Gasteiger partial charge in [-0.3, -0.25) is 4.98 Å². The molecule has 1 heterocycles. The number of ether oxygens (including phenoxy) is 2. The standard InChI is InChI=1S/C24H26NO2/c1-5-7-19-16-25-22(6-2)24(18-10-14-21(27-4)15-11-18)23(19)17-8-12-20(26-3)13-9-17/h8-15H,5-7H2,1-4H3. The first-order chi connectivity index (χ1) is 13.2. The van der Waals surface area contributed by atoms with Crippen molar-refractivity contribution in [2.24, 2.45) is 0 Å². The Kier molecular flexibility index (Phi) is 6.12. The summed E-state index contributed by atoms with van der Waals surface area (Å²) < 4.78 is 10.7. The summed E-state index contributed by atoms with van der Waals surface area (Å²) in [6, 6.07) is 16.5. The lowest BCUT2D eigenvalue weighted by atomic mass is 9.88. The number of rotatable bonds is 7. The maximum absolute atomic E-state index is 5.33. The Morgan fingerprint density at radius 2 is 1.30 bits per heavy atom. The monoisotopic (exact) mass is 360 g/mol. The molecule has 1 radical (unpaired) electrons. The Labute approximate surface area is 162 Å². The van der Waals surface area contributed by atoms with Gasteiger partial charge in [-0.2, -0.15) is 0 Å². The van der Waals surface area contributed by atoms with Crippen LogP contribution in [0.4, 0.5) is 0 Å². The minimum Gasteiger partial charge on any atom is -0.497 e. The van der Waals surface area contributed by atoms with E-state index in [1.54, 1.807) is 14.2 Å². The van der Waals surface area contributed by atoms with Crippen LogP contribution in [-0.4, -0.2) is 19.2 Å². The summed E-state index contributed by atoms with van der Waals surface area (Å²) in [5.41, 5.74) is 6.94. The van der Waals surface area contributed by atoms with E-state index in [1.165, 1.54) is 16.7 Å². The highest BCUT2D eigenvalue weighted by Gasteiger charge is 2.17. The van der Waals surface area contributed by atoms with Gasteiger partial charge < -0.3 is 9.47 Å². The summed E-state index contributed by atoms with van der Waals surface area (Å²) in [4.78, 5) is 4.67. The van der Waals surface area contributed by atoms with Gasteiger partial charge in [-0.25, -0.2) is 0 Å². The lowest BCUT2D eigenvalue weighted by Crippen LogP contribution is -2.02. The van der Waals surface area contributed by atoms with Crippen molar-refractivity contribution in [3.05, 3.63) is 66.0 Å². The summed E-state index contributed by atoms with van der Waals surface area (Å²) in [7, 11) is 3.38. The van der Waals surface area contributed by atoms with Crippen LogP contribution in [0.1, 0.15) is 31.5 Å². The van der Waals surface area contributed by atoms with Crippen molar-refractivity contribution in [1.82, 2.24) is 4.98 Å². The number of nitrogens with zero attached hydrogens (tertiary/aromatic N) is 1. The molecule has 1 aromatic heterocycles. The summed E-state index contributed by atoms with van der Waals surface area (Å²) in [5.74, 6) is 1.71. The molecule has 139 valence electrons. The van der Waals surface area contributed by atoms with E-state index in [4.69, 9.17) is 9.47 Å². The number of hydrogen-bond acceptors (Lipinski definition) is 3. The molecule has 0 spiro atoms. The van der Waals surface area contributed by atoms with Crippen molar-refractivity contribution in [1.29, 1.82) is 0 Å². The van der Waals surface area contributed by atoms with Gasteiger partial charge in [0.2, 0.25) is 0 Å². The van der Waals surface area contributed by atoms with Crippen LogP contribution in [0, 0.1) is 6.20 Å². The lowest BCUT2D eigenvalue weighted by Gasteiger charge is -2.18. The zero-order chi connectivity index (χ0) is 19.2.